The maximum absolute atomic E-state index is 14.6. The number of aromatic nitrogens is 3. The molecular weight excluding hydrogens is 573 g/mol. The minimum atomic E-state index is -5.85. The van der Waals surface area contributed by atoms with E-state index in [0.29, 0.717) is 34.9 Å². The summed E-state index contributed by atoms with van der Waals surface area (Å²) in [5.74, 6) is -6.82. The zero-order valence-corrected chi connectivity index (χ0v) is 22.4. The second-order valence-electron chi connectivity index (χ2n) is 10.1. The number of halogens is 5. The van der Waals surface area contributed by atoms with Crippen molar-refractivity contribution in [3.05, 3.63) is 108 Å². The summed E-state index contributed by atoms with van der Waals surface area (Å²) >= 11 is 0. The Morgan fingerprint density at radius 2 is 1.79 bits per heavy atom. The van der Waals surface area contributed by atoms with E-state index in [4.69, 9.17) is 4.42 Å². The predicted octanol–water partition coefficient (Wildman–Crippen LogP) is 5.58. The third-order valence-electron chi connectivity index (χ3n) is 7.28. The van der Waals surface area contributed by atoms with Crippen LogP contribution in [0.15, 0.2) is 83.7 Å². The Bertz CT molecular complexity index is 1850. The molecule has 2 amide bonds. The number of nitrogens with zero attached hydrogens (tertiary/aromatic N) is 4. The molecule has 6 rings (SSSR count). The van der Waals surface area contributed by atoms with Crippen LogP contribution < -0.4 is 10.2 Å². The van der Waals surface area contributed by atoms with Crippen molar-refractivity contribution in [1.29, 1.82) is 0 Å². The molecule has 0 fully saturated rings. The van der Waals surface area contributed by atoms with Crippen LogP contribution in [0.5, 0.6) is 0 Å². The van der Waals surface area contributed by atoms with E-state index in [1.165, 1.54) is 30.4 Å². The van der Waals surface area contributed by atoms with Gasteiger partial charge >= 0.3 is 18.0 Å². The summed E-state index contributed by atoms with van der Waals surface area (Å²) in [5.41, 5.74) is 0.696. The number of alkyl halides is 5. The number of hydrogen-bond acceptors (Lipinski definition) is 5. The number of benzene rings is 2. The minimum Gasteiger partial charge on any atom is -0.437 e. The molecule has 0 aliphatic carbocycles. The fourth-order valence-corrected chi connectivity index (χ4v) is 5.23. The van der Waals surface area contributed by atoms with Crippen molar-refractivity contribution in [1.82, 2.24) is 19.9 Å². The number of carbonyl (C=O) groups is 2. The summed E-state index contributed by atoms with van der Waals surface area (Å²) in [7, 11) is 1.48. The average molecular weight is 596 g/mol. The van der Waals surface area contributed by atoms with E-state index in [0.717, 1.165) is 22.4 Å². The van der Waals surface area contributed by atoms with Crippen LogP contribution in [0, 0.1) is 0 Å². The third kappa shape index (κ3) is 4.90. The van der Waals surface area contributed by atoms with E-state index in [2.05, 4.69) is 15.3 Å². The average Bonchev–Trinajstić information content (AvgIpc) is 3.58. The van der Waals surface area contributed by atoms with Gasteiger partial charge in [-0.3, -0.25) is 9.59 Å². The lowest BCUT2D eigenvalue weighted by molar-refractivity contribution is -0.289. The van der Waals surface area contributed by atoms with E-state index in [1.807, 2.05) is 30.3 Å². The van der Waals surface area contributed by atoms with Crippen LogP contribution in [0.1, 0.15) is 33.1 Å². The monoisotopic (exact) mass is 595 g/mol. The summed E-state index contributed by atoms with van der Waals surface area (Å²) < 4.78 is 76.0. The van der Waals surface area contributed by atoms with E-state index < -0.39 is 41.3 Å². The summed E-state index contributed by atoms with van der Waals surface area (Å²) in [5, 5.41) is 3.08. The van der Waals surface area contributed by atoms with Crippen molar-refractivity contribution in [2.75, 3.05) is 11.9 Å². The Morgan fingerprint density at radius 1 is 1.02 bits per heavy atom. The van der Waals surface area contributed by atoms with E-state index in [1.54, 1.807) is 12.1 Å². The molecule has 8 nitrogen and oxygen atoms in total. The summed E-state index contributed by atoms with van der Waals surface area (Å²) in [6.45, 7) is 0. The first kappa shape index (κ1) is 28.1. The van der Waals surface area contributed by atoms with Gasteiger partial charge in [0.2, 0.25) is 5.91 Å². The van der Waals surface area contributed by atoms with Crippen molar-refractivity contribution in [3.63, 3.8) is 0 Å². The van der Waals surface area contributed by atoms with E-state index in [9.17, 15) is 31.5 Å². The largest absolute Gasteiger partial charge is 0.458 e. The molecule has 5 aromatic rings. The number of carbonyl (C=O) groups excluding carboxylic acids is 2. The van der Waals surface area contributed by atoms with Crippen LogP contribution in [0.25, 0.3) is 16.7 Å². The topological polar surface area (TPSA) is 93.3 Å². The number of likely N-dealkylation sites (N-methyl/N-ethyl adjacent to an activating group) is 1. The van der Waals surface area contributed by atoms with Crippen molar-refractivity contribution in [2.24, 2.45) is 0 Å². The number of amides is 2. The van der Waals surface area contributed by atoms with Crippen LogP contribution in [0.2, 0.25) is 0 Å². The van der Waals surface area contributed by atoms with Crippen molar-refractivity contribution < 1.29 is 36.0 Å². The molecule has 13 heteroatoms. The summed E-state index contributed by atoms with van der Waals surface area (Å²) in [6, 6.07) is 14.6. The number of nitrogens with one attached hydrogen (secondary N) is 1. The fourth-order valence-electron chi connectivity index (χ4n) is 5.23. The molecular formula is C30H22F5N5O3. The SMILES string of the molecule is CN1C(=O)[C@@H](NC(=O)c2ncc(Cc3ccccc3)o2)Cc2cn(-c3ncccc3C(F)(F)C(F)(F)F)c3cccc1c23. The van der Waals surface area contributed by atoms with Crippen LogP contribution in [-0.2, 0) is 23.6 Å². The number of oxazole rings is 1. The minimum absolute atomic E-state index is 0.0924. The lowest BCUT2D eigenvalue weighted by Crippen LogP contribution is -2.48. The van der Waals surface area contributed by atoms with Gasteiger partial charge in [-0.25, -0.2) is 9.97 Å². The maximum atomic E-state index is 14.6. The molecule has 1 atom stereocenters. The Morgan fingerprint density at radius 3 is 2.53 bits per heavy atom. The number of hydrogen-bond donors (Lipinski definition) is 1. The molecule has 0 bridgehead atoms. The molecule has 1 aliphatic heterocycles. The smallest absolute Gasteiger partial charge is 0.437 e. The van der Waals surface area contributed by atoms with Gasteiger partial charge in [-0.1, -0.05) is 36.4 Å². The van der Waals surface area contributed by atoms with Crippen LogP contribution >= 0.6 is 0 Å². The second-order valence-corrected chi connectivity index (χ2v) is 10.1. The molecule has 43 heavy (non-hydrogen) atoms. The summed E-state index contributed by atoms with van der Waals surface area (Å²) in [4.78, 5) is 35.7. The quantitative estimate of drug-likeness (QED) is 0.259. The Labute approximate surface area is 240 Å². The van der Waals surface area contributed by atoms with Crippen LogP contribution in [-0.4, -0.2) is 45.6 Å². The van der Waals surface area contributed by atoms with E-state index >= 15 is 0 Å². The number of pyridine rings is 1. The predicted molar refractivity (Wildman–Crippen MR) is 145 cm³/mol. The van der Waals surface area contributed by atoms with E-state index in [-0.39, 0.29) is 17.8 Å². The Hall–Kier alpha value is -5.07. The summed E-state index contributed by atoms with van der Waals surface area (Å²) in [6.07, 6.45) is -1.64. The Balaban J connectivity index is 1.35. The van der Waals surface area contributed by atoms with Gasteiger partial charge in [-0.05, 0) is 35.4 Å². The first-order valence-corrected chi connectivity index (χ1v) is 13.1. The standard InChI is InChI=1S/C30H22F5N5O3/c1-39-22-10-5-11-23-24(22)18(16-40(23)25-20(9-6-12-36-25)29(31,32)30(33,34)35)14-21(28(39)42)38-26(41)27-37-15-19(43-27)13-17-7-3-2-4-8-17/h2-12,15-16,21H,13-14H2,1H3,(H,38,41)/t21-/m0/s1. The zero-order chi connectivity index (χ0) is 30.5. The lowest BCUT2D eigenvalue weighted by Gasteiger charge is -2.23. The fraction of sp³-hybridized carbons (Fsp3) is 0.200. The maximum Gasteiger partial charge on any atom is 0.458 e. The van der Waals surface area contributed by atoms with Gasteiger partial charge in [0.1, 0.15) is 17.6 Å². The molecule has 1 N–H and O–H groups in total. The van der Waals surface area contributed by atoms with Crippen molar-refractivity contribution >= 4 is 28.4 Å². The molecule has 0 radical (unpaired) electrons. The first-order chi connectivity index (χ1) is 20.5. The van der Waals surface area contributed by atoms with Crippen molar-refractivity contribution in [3.8, 4) is 5.82 Å². The molecule has 220 valence electrons. The molecule has 0 spiro atoms. The zero-order valence-electron chi connectivity index (χ0n) is 22.4. The molecule has 2 aromatic carbocycles. The van der Waals surface area contributed by atoms with Gasteiger partial charge in [0.05, 0.1) is 23.0 Å². The highest BCUT2D eigenvalue weighted by Crippen LogP contribution is 2.46. The molecule has 0 unspecified atom stereocenters. The van der Waals surface area contributed by atoms with Gasteiger partial charge in [0, 0.05) is 37.7 Å². The highest BCUT2D eigenvalue weighted by atomic mass is 19.4. The number of rotatable bonds is 6. The lowest BCUT2D eigenvalue weighted by atomic mass is 10.1. The van der Waals surface area contributed by atoms with Crippen molar-refractivity contribution in [2.45, 2.75) is 31.0 Å². The van der Waals surface area contributed by atoms with Crippen LogP contribution in [0.4, 0.5) is 27.6 Å². The van der Waals surface area contributed by atoms with Gasteiger partial charge in [0.15, 0.2) is 0 Å². The first-order valence-electron chi connectivity index (χ1n) is 13.1. The van der Waals surface area contributed by atoms with Gasteiger partial charge in [-0.15, -0.1) is 0 Å². The van der Waals surface area contributed by atoms with Gasteiger partial charge in [0.25, 0.3) is 5.89 Å². The molecule has 1 aliphatic rings. The van der Waals surface area contributed by atoms with Gasteiger partial charge in [-0.2, -0.15) is 22.0 Å². The molecule has 4 heterocycles. The van der Waals surface area contributed by atoms with Gasteiger partial charge < -0.3 is 19.2 Å². The normalized spacial score (nSPS) is 15.5. The highest BCUT2D eigenvalue weighted by Gasteiger charge is 2.60. The molecule has 3 aromatic heterocycles. The highest BCUT2D eigenvalue weighted by molar-refractivity contribution is 6.09. The third-order valence-corrected chi connectivity index (χ3v) is 7.28. The Kier molecular flexibility index (Phi) is 6.74. The molecule has 0 saturated heterocycles. The second kappa shape index (κ2) is 10.3. The van der Waals surface area contributed by atoms with Crippen LogP contribution in [0.3, 0.4) is 0 Å². The number of anilines is 1. The molecule has 0 saturated carbocycles.